The van der Waals surface area contributed by atoms with Crippen LogP contribution in [0, 0.1) is 11.8 Å². The largest absolute Gasteiger partial charge is 0.481 e. The Morgan fingerprint density at radius 3 is 1.46 bits per heavy atom. The van der Waals surface area contributed by atoms with Crippen molar-refractivity contribution < 1.29 is 69.6 Å². The van der Waals surface area contributed by atoms with E-state index in [1.165, 1.54) is 39.0 Å². The lowest BCUT2D eigenvalue weighted by Crippen LogP contribution is -2.49. The van der Waals surface area contributed by atoms with Gasteiger partial charge in [-0.05, 0) is 61.8 Å². The van der Waals surface area contributed by atoms with Gasteiger partial charge in [0.25, 0.3) is 0 Å². The van der Waals surface area contributed by atoms with Crippen LogP contribution in [0.4, 0.5) is 47.6 Å². The molecule has 0 aliphatic heterocycles. The van der Waals surface area contributed by atoms with E-state index in [4.69, 9.17) is 18.9 Å². The fraction of sp³-hybridized carbons (Fsp3) is 0.440. The van der Waals surface area contributed by atoms with Crippen LogP contribution in [0.3, 0.4) is 0 Å². The third kappa shape index (κ3) is 17.3. The third-order valence-corrected chi connectivity index (χ3v) is 14.5. The Balaban J connectivity index is 0.000000224. The molecule has 2 aliphatic carbocycles. The molecule has 4 heterocycles. The first kappa shape index (κ1) is 56.8. The molecule has 0 radical (unpaired) electrons. The number of aliphatic carboxylic acids is 1. The van der Waals surface area contributed by atoms with Gasteiger partial charge in [-0.25, -0.2) is 29.5 Å². The van der Waals surface area contributed by atoms with Crippen molar-refractivity contribution in [2.24, 2.45) is 11.8 Å². The van der Waals surface area contributed by atoms with Gasteiger partial charge in [0.2, 0.25) is 5.91 Å². The molecule has 6 aromatic rings. The van der Waals surface area contributed by atoms with Crippen molar-refractivity contribution in [3.63, 3.8) is 0 Å². The number of alkyl carbamates (subject to hydrolysis) is 2. The number of hydrogen-bond acceptors (Lipinski definition) is 16. The number of carboxylic acid groups (broad SMARTS) is 1. The van der Waals surface area contributed by atoms with E-state index in [9.17, 15) is 50.6 Å². The van der Waals surface area contributed by atoms with Crippen LogP contribution in [0.5, 0.6) is 0 Å². The number of halogens is 6. The van der Waals surface area contributed by atoms with Crippen LogP contribution in [-0.4, -0.2) is 113 Å². The predicted octanol–water partition coefficient (Wildman–Crippen LogP) is 9.16. The average molecular weight is 1100 g/mol. The normalized spacial score (nSPS) is 19.8. The molecule has 18 nitrogen and oxygen atoms in total. The number of nitrogens with one attached hydrogen (secondary N) is 5. The van der Waals surface area contributed by atoms with Crippen molar-refractivity contribution in [2.75, 3.05) is 31.4 Å². The van der Waals surface area contributed by atoms with Crippen molar-refractivity contribution in [2.45, 2.75) is 107 Å². The number of thiophene rings is 2. The Morgan fingerprint density at radius 2 is 1.04 bits per heavy atom. The van der Waals surface area contributed by atoms with Crippen LogP contribution in [0.1, 0.15) is 59.4 Å². The van der Waals surface area contributed by atoms with Gasteiger partial charge in [-0.2, -0.15) is 26.3 Å². The van der Waals surface area contributed by atoms with E-state index < -0.39 is 73.6 Å². The van der Waals surface area contributed by atoms with E-state index in [-0.39, 0.29) is 60.3 Å². The molecule has 2 aliphatic rings. The van der Waals surface area contributed by atoms with Crippen molar-refractivity contribution >= 4 is 78.8 Å². The molecule has 2 saturated carbocycles. The van der Waals surface area contributed by atoms with Crippen molar-refractivity contribution in [1.82, 2.24) is 35.9 Å². The lowest BCUT2D eigenvalue weighted by molar-refractivity contribution is -0.143. The number of rotatable bonds is 18. The second-order valence-electron chi connectivity index (χ2n) is 18.2. The second kappa shape index (κ2) is 26.2. The van der Waals surface area contributed by atoms with Gasteiger partial charge in [0.05, 0.1) is 36.1 Å². The van der Waals surface area contributed by atoms with Crippen molar-refractivity contribution in [1.29, 1.82) is 0 Å². The Labute approximate surface area is 439 Å². The minimum atomic E-state index is -4.34. The van der Waals surface area contributed by atoms with Gasteiger partial charge >= 0.3 is 30.5 Å². The summed E-state index contributed by atoms with van der Waals surface area (Å²) >= 11 is 1.90. The van der Waals surface area contributed by atoms with Crippen LogP contribution in [0.15, 0.2) is 85.5 Å². The highest BCUT2D eigenvalue weighted by molar-refractivity contribution is 7.19. The zero-order chi connectivity index (χ0) is 54.4. The van der Waals surface area contributed by atoms with E-state index in [2.05, 4.69) is 46.5 Å². The summed E-state index contributed by atoms with van der Waals surface area (Å²) in [7, 11) is 2.93. The number of hydrogen-bond donors (Lipinski definition) is 6. The number of methoxy groups -OCH3 is 2. The predicted molar refractivity (Wildman–Crippen MR) is 269 cm³/mol. The lowest BCUT2D eigenvalue weighted by Gasteiger charge is -2.35. The van der Waals surface area contributed by atoms with Gasteiger partial charge < -0.3 is 50.6 Å². The van der Waals surface area contributed by atoms with Crippen molar-refractivity contribution in [3.8, 4) is 0 Å². The molecule has 0 spiro atoms. The quantitative estimate of drug-likeness (QED) is 0.0348. The average Bonchev–Trinajstić information content (AvgIpc) is 3.99. The van der Waals surface area contributed by atoms with Crippen LogP contribution in [-0.2, 0) is 54.6 Å². The molecule has 6 N–H and O–H groups in total. The maximum absolute atomic E-state index is 13.1. The first-order chi connectivity index (χ1) is 36.3. The number of ether oxygens (including phenoxy) is 4. The smallest absolute Gasteiger partial charge is 0.407 e. The first-order valence-electron chi connectivity index (χ1n) is 23.9. The van der Waals surface area contributed by atoms with Crippen LogP contribution >= 0.6 is 22.7 Å². The molecule has 3 amide bonds. The van der Waals surface area contributed by atoms with Gasteiger partial charge in [0.1, 0.15) is 47.2 Å². The maximum atomic E-state index is 13.1. The fourth-order valence-electron chi connectivity index (χ4n) is 8.98. The summed E-state index contributed by atoms with van der Waals surface area (Å²) in [5.74, 6) is -1.74. The van der Waals surface area contributed by atoms with Gasteiger partial charge in [-0.1, -0.05) is 60.7 Å². The van der Waals surface area contributed by atoms with E-state index in [1.807, 2.05) is 60.7 Å². The maximum Gasteiger partial charge on any atom is 0.407 e. The Morgan fingerprint density at radius 1 is 0.618 bits per heavy atom. The molecular formula is C50H55F6N9O9S2. The van der Waals surface area contributed by atoms with Crippen LogP contribution < -0.4 is 26.6 Å². The number of aromatic nitrogens is 4. The van der Waals surface area contributed by atoms with Gasteiger partial charge in [0.15, 0.2) is 6.29 Å². The number of carboxylic acids is 1. The summed E-state index contributed by atoms with van der Waals surface area (Å²) in [6.07, 6.45) is -8.02. The fourth-order valence-corrected chi connectivity index (χ4v) is 11.0. The van der Waals surface area contributed by atoms with Gasteiger partial charge in [0, 0.05) is 54.1 Å². The van der Waals surface area contributed by atoms with E-state index in [1.54, 1.807) is 0 Å². The zero-order valence-electron chi connectivity index (χ0n) is 41.0. The summed E-state index contributed by atoms with van der Waals surface area (Å²) in [5.41, 5.74) is 1.66. The monoisotopic (exact) mass is 1100 g/mol. The number of fused-ring (bicyclic) bond motifs is 2. The summed E-state index contributed by atoms with van der Waals surface area (Å²) in [6.45, 7) is 0.319. The minimum Gasteiger partial charge on any atom is -0.481 e. The molecule has 8 rings (SSSR count). The summed E-state index contributed by atoms with van der Waals surface area (Å²) < 4.78 is 98.3. The molecule has 4 aromatic heterocycles. The summed E-state index contributed by atoms with van der Waals surface area (Å²) in [5, 5.41) is 25.4. The topological polar surface area (TPSA) is 237 Å². The van der Waals surface area contributed by atoms with Gasteiger partial charge in [-0.3, -0.25) is 9.59 Å². The van der Waals surface area contributed by atoms with Crippen LogP contribution in [0.25, 0.3) is 20.4 Å². The highest BCUT2D eigenvalue weighted by Crippen LogP contribution is 2.36. The minimum absolute atomic E-state index is 0.0841. The molecule has 408 valence electrons. The highest BCUT2D eigenvalue weighted by atomic mass is 32.1. The Bertz CT molecular complexity index is 2880. The van der Waals surface area contributed by atoms with Gasteiger partial charge in [-0.15, -0.1) is 22.7 Å². The first-order valence-corrected chi connectivity index (χ1v) is 25.6. The second-order valence-corrected chi connectivity index (χ2v) is 20.4. The SMILES string of the molecule is COC(CNC(=O)[C@@H]1C[C@H](NC(=O)OCc2ccccc2)C[C@H](Nc2ncnc3sc(CC(F)(F)F)cc23)C1)OC.O=C(N[C@@H]1C[C@H](Nc2ncnc3sc(CC(F)(F)F)cc23)C[C@H](C(=O)O)C1)OCc1ccccc1. The number of alkyl halides is 6. The Hall–Kier alpha value is -6.90. The summed E-state index contributed by atoms with van der Waals surface area (Å²) in [6, 6.07) is 19.6. The van der Waals surface area contributed by atoms with Crippen molar-refractivity contribution in [3.05, 3.63) is 106 Å². The zero-order valence-corrected chi connectivity index (χ0v) is 42.6. The summed E-state index contributed by atoms with van der Waals surface area (Å²) in [4.78, 5) is 67.5. The standard InChI is InChI=1S/C27H32F3N5O5S.C23H23F3N4O4S/c1-38-22(39-2)13-31-24(36)17-8-18(10-19(9-17)35-26(37)40-14-16-6-4-3-5-7-16)34-23-21-11-20(12-27(28,29)30)41-25(21)33-15-32-23;24-23(25,26)10-17-9-18-19(27-12-28-20(18)35-17)29-15-6-14(21(31)32)7-16(8-15)30-22(33)34-11-13-4-2-1-3-5-13/h3-7,11,15,17-19,22H,8-10,12-14H2,1-2H3,(H,31,36)(H,35,37)(H,32,33,34);1-5,9,12,14-16H,6-8,10-11H2,(H,30,33)(H,31,32)(H,27,28,29)/t17-,18+,19-;14-,15+,16-/m00/s1. The van der Waals surface area contributed by atoms with E-state index >= 15 is 0 Å². The number of carbonyl (C=O) groups excluding carboxylic acids is 3. The molecule has 0 bridgehead atoms. The molecule has 76 heavy (non-hydrogen) atoms. The third-order valence-electron chi connectivity index (χ3n) is 12.4. The number of amides is 3. The number of nitrogens with zero attached hydrogens (tertiary/aromatic N) is 4. The van der Waals surface area contributed by atoms with Crippen LogP contribution in [0.2, 0.25) is 0 Å². The molecule has 0 unspecified atom stereocenters. The number of benzene rings is 2. The highest BCUT2D eigenvalue weighted by Gasteiger charge is 2.37. The molecule has 0 saturated heterocycles. The molecular weight excluding hydrogens is 1050 g/mol. The Kier molecular flexibility index (Phi) is 19.6. The molecule has 26 heteroatoms. The van der Waals surface area contributed by atoms with E-state index in [0.29, 0.717) is 57.8 Å². The molecule has 2 aromatic carbocycles. The lowest BCUT2D eigenvalue weighted by atomic mass is 9.81. The number of carbonyl (C=O) groups is 4. The van der Waals surface area contributed by atoms with E-state index in [0.717, 1.165) is 33.8 Å². The number of anilines is 2. The molecule has 2 fully saturated rings. The molecule has 6 atom stereocenters.